The van der Waals surface area contributed by atoms with Crippen molar-refractivity contribution >= 4 is 35.0 Å². The van der Waals surface area contributed by atoms with Crippen LogP contribution in [0.5, 0.6) is 5.75 Å². The van der Waals surface area contributed by atoms with Crippen LogP contribution in [0.3, 0.4) is 0 Å². The van der Waals surface area contributed by atoms with Crippen LogP contribution in [0.25, 0.3) is 0 Å². The molecule has 0 heterocycles. The Hall–Kier alpha value is -2.24. The fraction of sp³-hybridized carbons (Fsp3) is 0.333. The fourth-order valence-electron chi connectivity index (χ4n) is 2.59. The number of halogens is 2. The van der Waals surface area contributed by atoms with Crippen molar-refractivity contribution in [1.29, 1.82) is 0 Å². The normalized spacial score (nSPS) is 11.8. The number of carbonyl (C=O) groups excluding carboxylic acids is 2. The van der Waals surface area contributed by atoms with Crippen LogP contribution in [-0.2, 0) is 4.79 Å². The van der Waals surface area contributed by atoms with Crippen molar-refractivity contribution in [3.8, 4) is 5.75 Å². The third-order valence-electron chi connectivity index (χ3n) is 4.07. The van der Waals surface area contributed by atoms with Gasteiger partial charge in [-0.1, -0.05) is 49.2 Å². The lowest BCUT2D eigenvalue weighted by molar-refractivity contribution is -0.124. The van der Waals surface area contributed by atoms with Crippen molar-refractivity contribution in [2.24, 2.45) is 5.92 Å². The minimum Gasteiger partial charge on any atom is -0.492 e. The van der Waals surface area contributed by atoms with Gasteiger partial charge in [-0.2, -0.15) is 0 Å². The lowest BCUT2D eigenvalue weighted by atomic mass is 10.0. The van der Waals surface area contributed by atoms with Crippen LogP contribution >= 0.6 is 23.2 Å². The molecule has 0 aliphatic heterocycles. The standard InChI is InChI=1S/C21H24Cl2N2O3/c1-13(2)19(25-20(26)17-8-7-15(22)12-18(17)23)21(27)24-9-10-28-16-6-4-5-14(3)11-16/h4-8,11-13,19H,9-10H2,1-3H3,(H,24,27)(H,25,26)/t19-/m0/s1. The smallest absolute Gasteiger partial charge is 0.253 e. The second kappa shape index (κ2) is 10.3. The van der Waals surface area contributed by atoms with Gasteiger partial charge in [0.1, 0.15) is 18.4 Å². The SMILES string of the molecule is Cc1cccc(OCCNC(=O)[C@@H](NC(=O)c2ccc(Cl)cc2Cl)C(C)C)c1. The molecule has 150 valence electrons. The zero-order chi connectivity index (χ0) is 20.7. The quantitative estimate of drug-likeness (QED) is 0.624. The van der Waals surface area contributed by atoms with E-state index in [0.717, 1.165) is 11.3 Å². The van der Waals surface area contributed by atoms with Crippen LogP contribution in [0, 0.1) is 12.8 Å². The summed E-state index contributed by atoms with van der Waals surface area (Å²) in [6.45, 7) is 6.36. The van der Waals surface area contributed by atoms with Crippen molar-refractivity contribution < 1.29 is 14.3 Å². The zero-order valence-electron chi connectivity index (χ0n) is 16.1. The number of nitrogens with one attached hydrogen (secondary N) is 2. The first-order valence-electron chi connectivity index (χ1n) is 9.01. The summed E-state index contributed by atoms with van der Waals surface area (Å²) in [4.78, 5) is 25.0. The lowest BCUT2D eigenvalue weighted by Crippen LogP contribution is -2.50. The average molecular weight is 423 g/mol. The number of hydrogen-bond donors (Lipinski definition) is 2. The summed E-state index contributed by atoms with van der Waals surface area (Å²) in [5.41, 5.74) is 1.37. The van der Waals surface area contributed by atoms with Crippen molar-refractivity contribution in [3.05, 3.63) is 63.6 Å². The zero-order valence-corrected chi connectivity index (χ0v) is 17.6. The van der Waals surface area contributed by atoms with E-state index in [1.165, 1.54) is 12.1 Å². The van der Waals surface area contributed by atoms with Gasteiger partial charge in [-0.3, -0.25) is 9.59 Å². The Labute approximate surface area is 175 Å². The van der Waals surface area contributed by atoms with Crippen LogP contribution in [0.15, 0.2) is 42.5 Å². The Morgan fingerprint density at radius 2 is 1.86 bits per heavy atom. The molecule has 1 atom stereocenters. The van der Waals surface area contributed by atoms with Gasteiger partial charge in [0, 0.05) is 5.02 Å². The second-order valence-electron chi connectivity index (χ2n) is 6.78. The third kappa shape index (κ3) is 6.43. The minimum atomic E-state index is -0.696. The maximum absolute atomic E-state index is 12.5. The topological polar surface area (TPSA) is 67.4 Å². The number of amides is 2. The van der Waals surface area contributed by atoms with E-state index in [4.69, 9.17) is 27.9 Å². The molecule has 2 amide bonds. The van der Waals surface area contributed by atoms with Gasteiger partial charge in [0.05, 0.1) is 17.1 Å². The molecule has 2 aromatic carbocycles. The summed E-state index contributed by atoms with van der Waals surface area (Å²) in [7, 11) is 0. The van der Waals surface area contributed by atoms with Gasteiger partial charge in [0.15, 0.2) is 0 Å². The van der Waals surface area contributed by atoms with Crippen LogP contribution in [0.4, 0.5) is 0 Å². The number of benzene rings is 2. The largest absolute Gasteiger partial charge is 0.492 e. The van der Waals surface area contributed by atoms with Gasteiger partial charge in [-0.15, -0.1) is 0 Å². The van der Waals surface area contributed by atoms with Gasteiger partial charge in [0.25, 0.3) is 5.91 Å². The molecule has 0 radical (unpaired) electrons. The summed E-state index contributed by atoms with van der Waals surface area (Å²) >= 11 is 11.9. The Balaban J connectivity index is 1.89. The van der Waals surface area contributed by atoms with E-state index in [2.05, 4.69) is 10.6 Å². The van der Waals surface area contributed by atoms with Crippen LogP contribution in [-0.4, -0.2) is 31.0 Å². The molecule has 2 aromatic rings. The number of ether oxygens (including phenoxy) is 1. The van der Waals surface area contributed by atoms with E-state index in [-0.39, 0.29) is 22.4 Å². The highest BCUT2D eigenvalue weighted by Gasteiger charge is 2.25. The molecule has 0 bridgehead atoms. The lowest BCUT2D eigenvalue weighted by Gasteiger charge is -2.22. The molecule has 0 aromatic heterocycles. The van der Waals surface area contributed by atoms with Gasteiger partial charge >= 0.3 is 0 Å². The molecule has 0 aliphatic carbocycles. The minimum absolute atomic E-state index is 0.104. The Kier molecular flexibility index (Phi) is 8.15. The number of aryl methyl sites for hydroxylation is 1. The second-order valence-corrected chi connectivity index (χ2v) is 7.62. The van der Waals surface area contributed by atoms with Crippen LogP contribution < -0.4 is 15.4 Å². The highest BCUT2D eigenvalue weighted by molar-refractivity contribution is 6.36. The highest BCUT2D eigenvalue weighted by Crippen LogP contribution is 2.21. The van der Waals surface area contributed by atoms with Crippen LogP contribution in [0.2, 0.25) is 10.0 Å². The molecular formula is C21H24Cl2N2O3. The first kappa shape index (κ1) is 22.1. The third-order valence-corrected chi connectivity index (χ3v) is 4.62. The summed E-state index contributed by atoms with van der Waals surface area (Å²) in [5.74, 6) is -0.0548. The van der Waals surface area contributed by atoms with Crippen molar-refractivity contribution in [3.63, 3.8) is 0 Å². The van der Waals surface area contributed by atoms with Crippen LogP contribution in [0.1, 0.15) is 29.8 Å². The van der Waals surface area contributed by atoms with E-state index in [0.29, 0.717) is 18.2 Å². The summed E-state index contributed by atoms with van der Waals surface area (Å²) < 4.78 is 5.62. The van der Waals surface area contributed by atoms with E-state index >= 15 is 0 Å². The van der Waals surface area contributed by atoms with Gasteiger partial charge in [-0.25, -0.2) is 0 Å². The van der Waals surface area contributed by atoms with Crippen molar-refractivity contribution in [1.82, 2.24) is 10.6 Å². The Bertz CT molecular complexity index is 840. The number of hydrogen-bond acceptors (Lipinski definition) is 3. The molecular weight excluding hydrogens is 399 g/mol. The summed E-state index contributed by atoms with van der Waals surface area (Å²) in [6, 6.07) is 11.6. The predicted molar refractivity (Wildman–Crippen MR) is 112 cm³/mol. The highest BCUT2D eigenvalue weighted by atomic mass is 35.5. The first-order valence-corrected chi connectivity index (χ1v) is 9.76. The molecule has 0 saturated carbocycles. The predicted octanol–water partition coefficient (Wildman–Crippen LogP) is 4.25. The maximum atomic E-state index is 12.5. The Morgan fingerprint density at radius 1 is 1.11 bits per heavy atom. The molecule has 0 fully saturated rings. The number of rotatable bonds is 8. The molecule has 7 heteroatoms. The molecule has 2 N–H and O–H groups in total. The summed E-state index contributed by atoms with van der Waals surface area (Å²) in [5, 5.41) is 6.21. The monoisotopic (exact) mass is 422 g/mol. The molecule has 0 saturated heterocycles. The van der Waals surface area contributed by atoms with Gasteiger partial charge < -0.3 is 15.4 Å². The average Bonchev–Trinajstić information content (AvgIpc) is 2.62. The van der Waals surface area contributed by atoms with E-state index in [1.807, 2.05) is 45.0 Å². The molecule has 0 unspecified atom stereocenters. The van der Waals surface area contributed by atoms with Gasteiger partial charge in [-0.05, 0) is 48.7 Å². The fourth-order valence-corrected chi connectivity index (χ4v) is 3.08. The molecule has 2 rings (SSSR count). The van der Waals surface area contributed by atoms with Crippen molar-refractivity contribution in [2.75, 3.05) is 13.2 Å². The first-order chi connectivity index (χ1) is 13.3. The summed E-state index contributed by atoms with van der Waals surface area (Å²) in [6.07, 6.45) is 0. The molecule has 0 aliphatic rings. The number of carbonyl (C=O) groups is 2. The van der Waals surface area contributed by atoms with Gasteiger partial charge in [0.2, 0.25) is 5.91 Å². The van der Waals surface area contributed by atoms with Crippen molar-refractivity contribution in [2.45, 2.75) is 26.8 Å². The van der Waals surface area contributed by atoms with E-state index in [9.17, 15) is 9.59 Å². The maximum Gasteiger partial charge on any atom is 0.253 e. The molecule has 0 spiro atoms. The van der Waals surface area contributed by atoms with E-state index < -0.39 is 11.9 Å². The Morgan fingerprint density at radius 3 is 2.50 bits per heavy atom. The van der Waals surface area contributed by atoms with E-state index in [1.54, 1.807) is 6.07 Å². The molecule has 5 nitrogen and oxygen atoms in total. The molecule has 28 heavy (non-hydrogen) atoms.